The SMILES string of the molecule is Cc1ccc(CSCc2n[nH]c(=S)n2-c2cccc(Cl)c2Cl)cc1. The Bertz CT molecular complexity index is 901. The van der Waals surface area contributed by atoms with Crippen LogP contribution in [0.5, 0.6) is 0 Å². The summed E-state index contributed by atoms with van der Waals surface area (Å²) in [6.45, 7) is 2.09. The van der Waals surface area contributed by atoms with Crippen molar-refractivity contribution in [3.05, 3.63) is 74.2 Å². The molecule has 3 aromatic rings. The van der Waals surface area contributed by atoms with E-state index >= 15 is 0 Å². The van der Waals surface area contributed by atoms with Gasteiger partial charge in [-0.3, -0.25) is 9.67 Å². The van der Waals surface area contributed by atoms with Crippen LogP contribution < -0.4 is 0 Å². The average molecular weight is 396 g/mol. The molecule has 1 heterocycles. The second-order valence-corrected chi connectivity index (χ2v) is 7.49. The Morgan fingerprint density at radius 3 is 2.62 bits per heavy atom. The predicted molar refractivity (Wildman–Crippen MR) is 105 cm³/mol. The molecule has 3 nitrogen and oxygen atoms in total. The van der Waals surface area contributed by atoms with Gasteiger partial charge in [0.2, 0.25) is 0 Å². The zero-order valence-electron chi connectivity index (χ0n) is 12.9. The van der Waals surface area contributed by atoms with Gasteiger partial charge < -0.3 is 0 Å². The van der Waals surface area contributed by atoms with Crippen molar-refractivity contribution >= 4 is 47.2 Å². The van der Waals surface area contributed by atoms with E-state index in [1.807, 2.05) is 16.7 Å². The Morgan fingerprint density at radius 1 is 1.12 bits per heavy atom. The number of hydrogen-bond donors (Lipinski definition) is 1. The number of nitrogens with zero attached hydrogens (tertiary/aromatic N) is 2. The summed E-state index contributed by atoms with van der Waals surface area (Å²) in [4.78, 5) is 0. The second kappa shape index (κ2) is 7.74. The van der Waals surface area contributed by atoms with E-state index in [4.69, 9.17) is 35.4 Å². The van der Waals surface area contributed by atoms with E-state index in [-0.39, 0.29) is 0 Å². The second-order valence-electron chi connectivity index (χ2n) is 5.33. The first-order valence-electron chi connectivity index (χ1n) is 7.30. The van der Waals surface area contributed by atoms with Crippen LogP contribution in [0.4, 0.5) is 0 Å². The molecule has 2 aromatic carbocycles. The van der Waals surface area contributed by atoms with Gasteiger partial charge in [0.1, 0.15) is 5.82 Å². The maximum atomic E-state index is 6.33. The molecule has 0 aliphatic rings. The summed E-state index contributed by atoms with van der Waals surface area (Å²) in [5, 5.41) is 8.14. The third-order valence-electron chi connectivity index (χ3n) is 3.53. The number of benzene rings is 2. The lowest BCUT2D eigenvalue weighted by Gasteiger charge is -2.09. The van der Waals surface area contributed by atoms with Gasteiger partial charge in [-0.05, 0) is 36.8 Å². The average Bonchev–Trinajstić information content (AvgIpc) is 2.93. The first-order valence-corrected chi connectivity index (χ1v) is 9.62. The van der Waals surface area contributed by atoms with Crippen molar-refractivity contribution in [3.8, 4) is 5.69 Å². The minimum Gasteiger partial charge on any atom is -0.270 e. The highest BCUT2D eigenvalue weighted by molar-refractivity contribution is 7.97. The number of aryl methyl sites for hydroxylation is 1. The number of rotatable bonds is 5. The van der Waals surface area contributed by atoms with Crippen LogP contribution in [-0.4, -0.2) is 14.8 Å². The van der Waals surface area contributed by atoms with Gasteiger partial charge in [0.05, 0.1) is 21.5 Å². The summed E-state index contributed by atoms with van der Waals surface area (Å²) >= 11 is 19.6. The fourth-order valence-corrected chi connectivity index (χ4v) is 3.82. The van der Waals surface area contributed by atoms with Crippen LogP contribution in [0, 0.1) is 11.7 Å². The summed E-state index contributed by atoms with van der Waals surface area (Å²) in [5.41, 5.74) is 3.29. The van der Waals surface area contributed by atoms with Gasteiger partial charge in [-0.2, -0.15) is 5.10 Å². The first-order chi connectivity index (χ1) is 11.6. The molecule has 0 bridgehead atoms. The van der Waals surface area contributed by atoms with Crippen molar-refractivity contribution in [1.29, 1.82) is 0 Å². The van der Waals surface area contributed by atoms with Crippen molar-refractivity contribution in [2.45, 2.75) is 18.4 Å². The number of aromatic amines is 1. The van der Waals surface area contributed by atoms with Crippen molar-refractivity contribution in [2.75, 3.05) is 0 Å². The maximum absolute atomic E-state index is 6.33. The Labute approximate surface area is 160 Å². The topological polar surface area (TPSA) is 33.6 Å². The van der Waals surface area contributed by atoms with E-state index < -0.39 is 0 Å². The van der Waals surface area contributed by atoms with Crippen LogP contribution >= 0.6 is 47.2 Å². The molecule has 7 heteroatoms. The van der Waals surface area contributed by atoms with Gasteiger partial charge >= 0.3 is 0 Å². The Balaban J connectivity index is 1.79. The summed E-state index contributed by atoms with van der Waals surface area (Å²) in [5.74, 6) is 2.44. The fourth-order valence-electron chi connectivity index (χ4n) is 2.28. The third kappa shape index (κ3) is 3.86. The lowest BCUT2D eigenvalue weighted by molar-refractivity contribution is 0.949. The number of nitrogens with one attached hydrogen (secondary N) is 1. The standard InChI is InChI=1S/C17H15Cl2N3S2/c1-11-5-7-12(8-6-11)9-24-10-15-20-21-17(23)22(15)14-4-2-3-13(18)16(14)19/h2-8H,9-10H2,1H3,(H,21,23). The highest BCUT2D eigenvalue weighted by Crippen LogP contribution is 2.30. The molecule has 1 N–H and O–H groups in total. The monoisotopic (exact) mass is 395 g/mol. The van der Waals surface area contributed by atoms with Crippen molar-refractivity contribution in [1.82, 2.24) is 14.8 Å². The fraction of sp³-hybridized carbons (Fsp3) is 0.176. The maximum Gasteiger partial charge on any atom is 0.199 e. The van der Waals surface area contributed by atoms with Crippen molar-refractivity contribution in [2.24, 2.45) is 0 Å². The smallest absolute Gasteiger partial charge is 0.199 e. The van der Waals surface area contributed by atoms with Gasteiger partial charge in [0.25, 0.3) is 0 Å². The van der Waals surface area contributed by atoms with Gasteiger partial charge in [-0.1, -0.05) is 59.1 Å². The molecule has 0 atom stereocenters. The van der Waals surface area contributed by atoms with E-state index in [1.165, 1.54) is 11.1 Å². The van der Waals surface area contributed by atoms with E-state index in [2.05, 4.69) is 41.4 Å². The van der Waals surface area contributed by atoms with E-state index in [9.17, 15) is 0 Å². The first kappa shape index (κ1) is 17.5. The number of halogens is 2. The minimum atomic E-state index is 0.474. The molecule has 0 spiro atoms. The summed E-state index contributed by atoms with van der Waals surface area (Å²) in [7, 11) is 0. The van der Waals surface area contributed by atoms with Crippen molar-refractivity contribution in [3.63, 3.8) is 0 Å². The Morgan fingerprint density at radius 2 is 1.88 bits per heavy atom. The molecule has 0 amide bonds. The third-order valence-corrected chi connectivity index (χ3v) is 5.62. The molecular weight excluding hydrogens is 381 g/mol. The molecule has 124 valence electrons. The summed E-state index contributed by atoms with van der Waals surface area (Å²) in [6, 6.07) is 14.0. The van der Waals surface area contributed by atoms with Crippen LogP contribution in [0.25, 0.3) is 5.69 Å². The lowest BCUT2D eigenvalue weighted by atomic mass is 10.2. The Kier molecular flexibility index (Phi) is 5.66. The number of aromatic nitrogens is 3. The van der Waals surface area contributed by atoms with E-state index in [0.717, 1.165) is 17.3 Å². The van der Waals surface area contributed by atoms with Gasteiger partial charge in [0.15, 0.2) is 4.77 Å². The van der Waals surface area contributed by atoms with Crippen LogP contribution in [-0.2, 0) is 11.5 Å². The van der Waals surface area contributed by atoms with Crippen LogP contribution in [0.3, 0.4) is 0 Å². The van der Waals surface area contributed by atoms with Crippen LogP contribution in [0.2, 0.25) is 10.0 Å². The van der Waals surface area contributed by atoms with Gasteiger partial charge in [-0.25, -0.2) is 0 Å². The molecule has 0 unspecified atom stereocenters. The lowest BCUT2D eigenvalue weighted by Crippen LogP contribution is -2.01. The highest BCUT2D eigenvalue weighted by atomic mass is 35.5. The molecule has 0 aliphatic heterocycles. The number of H-pyrrole nitrogens is 1. The summed E-state index contributed by atoms with van der Waals surface area (Å²) in [6.07, 6.45) is 0. The molecular formula is C17H15Cl2N3S2. The normalized spacial score (nSPS) is 11.0. The van der Waals surface area contributed by atoms with Crippen LogP contribution in [0.1, 0.15) is 17.0 Å². The summed E-state index contributed by atoms with van der Waals surface area (Å²) < 4.78 is 2.34. The Hall–Kier alpha value is -1.27. The minimum absolute atomic E-state index is 0.474. The molecule has 3 rings (SSSR count). The van der Waals surface area contributed by atoms with Gasteiger partial charge in [-0.15, -0.1) is 11.8 Å². The molecule has 1 aromatic heterocycles. The molecule has 0 saturated heterocycles. The van der Waals surface area contributed by atoms with Crippen LogP contribution in [0.15, 0.2) is 42.5 Å². The quantitative estimate of drug-likeness (QED) is 0.539. The molecule has 0 aliphatic carbocycles. The van der Waals surface area contributed by atoms with E-state index in [1.54, 1.807) is 17.8 Å². The number of hydrogen-bond acceptors (Lipinski definition) is 3. The van der Waals surface area contributed by atoms with Gasteiger partial charge in [0, 0.05) is 5.75 Å². The van der Waals surface area contributed by atoms with E-state index in [0.29, 0.717) is 20.6 Å². The zero-order valence-corrected chi connectivity index (χ0v) is 16.1. The zero-order chi connectivity index (χ0) is 17.1. The molecule has 24 heavy (non-hydrogen) atoms. The molecule has 0 fully saturated rings. The largest absolute Gasteiger partial charge is 0.270 e. The molecule has 0 radical (unpaired) electrons. The highest BCUT2D eigenvalue weighted by Gasteiger charge is 2.13. The predicted octanol–water partition coefficient (Wildman–Crippen LogP) is 5.98. The van der Waals surface area contributed by atoms with Crippen molar-refractivity contribution < 1.29 is 0 Å². The molecule has 0 saturated carbocycles. The number of thioether (sulfide) groups is 1.